The molecule has 1 saturated heterocycles. The predicted molar refractivity (Wildman–Crippen MR) is 97.1 cm³/mol. The minimum Gasteiger partial charge on any atom is -0.341 e. The zero-order valence-corrected chi connectivity index (χ0v) is 16.5. The number of benzene rings is 1. The van der Waals surface area contributed by atoms with Crippen LogP contribution in [-0.4, -0.2) is 51.4 Å². The van der Waals surface area contributed by atoms with Crippen LogP contribution in [-0.2, 0) is 21.0 Å². The Kier molecular flexibility index (Phi) is 8.09. The summed E-state index contributed by atoms with van der Waals surface area (Å²) in [6.45, 7) is 2.27. The van der Waals surface area contributed by atoms with Crippen molar-refractivity contribution in [3.05, 3.63) is 29.8 Å². The van der Waals surface area contributed by atoms with Gasteiger partial charge in [0, 0.05) is 19.1 Å². The molecule has 0 spiro atoms. The van der Waals surface area contributed by atoms with Gasteiger partial charge in [-0.05, 0) is 38.9 Å². The normalized spacial score (nSPS) is 17.3. The Labute approximate surface area is 163 Å². The Morgan fingerprint density at radius 2 is 1.78 bits per heavy atom. The summed E-state index contributed by atoms with van der Waals surface area (Å²) in [5.41, 5.74) is -1.26. The van der Waals surface area contributed by atoms with Crippen molar-refractivity contribution in [2.75, 3.05) is 20.1 Å². The first-order valence-corrected chi connectivity index (χ1v) is 9.69. The van der Waals surface area contributed by atoms with Crippen LogP contribution in [0.5, 0.6) is 0 Å². The molecule has 1 unspecified atom stereocenters. The van der Waals surface area contributed by atoms with Gasteiger partial charge >= 0.3 is 6.18 Å². The smallest absolute Gasteiger partial charge is 0.341 e. The molecule has 0 aromatic heterocycles. The van der Waals surface area contributed by atoms with Gasteiger partial charge in [0.2, 0.25) is 15.9 Å². The average molecular weight is 430 g/mol. The van der Waals surface area contributed by atoms with E-state index in [-0.39, 0.29) is 12.4 Å². The zero-order valence-electron chi connectivity index (χ0n) is 14.9. The fourth-order valence-electron chi connectivity index (χ4n) is 2.94. The lowest BCUT2D eigenvalue weighted by Gasteiger charge is -2.33. The molecule has 1 amide bonds. The molecule has 1 fully saturated rings. The summed E-state index contributed by atoms with van der Waals surface area (Å²) in [5, 5.41) is 3.12. The lowest BCUT2D eigenvalue weighted by atomic mass is 10.0. The third-order valence-corrected chi connectivity index (χ3v) is 6.00. The van der Waals surface area contributed by atoms with Gasteiger partial charge in [-0.15, -0.1) is 12.4 Å². The van der Waals surface area contributed by atoms with Crippen molar-refractivity contribution in [1.29, 1.82) is 0 Å². The van der Waals surface area contributed by atoms with Crippen LogP contribution in [0, 0.1) is 0 Å². The molecule has 0 radical (unpaired) electrons. The standard InChI is InChI=1S/C16H22F3N3O3S.ClH/c1-11(15(23)22-9-7-12(20-2)8-10-22)21-26(24,25)14-6-4-3-5-13(14)16(17,18)19;/h3-6,11-12,20-21H,7-10H2,1-2H3;1H. The summed E-state index contributed by atoms with van der Waals surface area (Å²) in [6.07, 6.45) is -3.34. The lowest BCUT2D eigenvalue weighted by molar-refractivity contribution is -0.139. The first-order chi connectivity index (χ1) is 12.1. The summed E-state index contributed by atoms with van der Waals surface area (Å²) < 4.78 is 66.1. The van der Waals surface area contributed by atoms with E-state index in [1.165, 1.54) is 17.9 Å². The Bertz CT molecular complexity index is 751. The number of halogens is 4. The summed E-state index contributed by atoms with van der Waals surface area (Å²) in [4.78, 5) is 13.1. The maximum atomic E-state index is 13.1. The van der Waals surface area contributed by atoms with Crippen LogP contribution in [0.3, 0.4) is 0 Å². The van der Waals surface area contributed by atoms with Crippen molar-refractivity contribution < 1.29 is 26.4 Å². The largest absolute Gasteiger partial charge is 0.417 e. The minimum atomic E-state index is -4.81. The Balaban J connectivity index is 0.00000364. The first kappa shape index (κ1) is 23.7. The number of nitrogens with zero attached hydrogens (tertiary/aromatic N) is 1. The molecule has 27 heavy (non-hydrogen) atoms. The molecule has 1 aliphatic heterocycles. The number of alkyl halides is 3. The monoisotopic (exact) mass is 429 g/mol. The maximum Gasteiger partial charge on any atom is 0.417 e. The lowest BCUT2D eigenvalue weighted by Crippen LogP contribution is -2.51. The highest BCUT2D eigenvalue weighted by atomic mass is 35.5. The Morgan fingerprint density at radius 1 is 1.22 bits per heavy atom. The molecular weight excluding hydrogens is 407 g/mol. The van der Waals surface area contributed by atoms with Crippen LogP contribution in [0.15, 0.2) is 29.2 Å². The van der Waals surface area contributed by atoms with E-state index in [0.29, 0.717) is 25.2 Å². The van der Waals surface area contributed by atoms with Crippen molar-refractivity contribution in [1.82, 2.24) is 14.9 Å². The molecule has 154 valence electrons. The number of hydrogen-bond acceptors (Lipinski definition) is 4. The topological polar surface area (TPSA) is 78.5 Å². The van der Waals surface area contributed by atoms with Gasteiger partial charge in [-0.2, -0.15) is 17.9 Å². The van der Waals surface area contributed by atoms with E-state index in [2.05, 4.69) is 10.0 Å². The molecule has 6 nitrogen and oxygen atoms in total. The number of likely N-dealkylation sites (tertiary alicyclic amines) is 1. The van der Waals surface area contributed by atoms with Gasteiger partial charge in [-0.3, -0.25) is 4.79 Å². The molecule has 2 rings (SSSR count). The highest BCUT2D eigenvalue weighted by Crippen LogP contribution is 2.33. The number of sulfonamides is 1. The van der Waals surface area contributed by atoms with Crippen LogP contribution in [0.25, 0.3) is 0 Å². The number of nitrogens with one attached hydrogen (secondary N) is 2. The van der Waals surface area contributed by atoms with Gasteiger partial charge in [0.05, 0.1) is 16.5 Å². The summed E-state index contributed by atoms with van der Waals surface area (Å²) in [6, 6.07) is 3.03. The molecular formula is C16H23ClF3N3O3S. The fraction of sp³-hybridized carbons (Fsp3) is 0.562. The number of rotatable bonds is 5. The van der Waals surface area contributed by atoms with Crippen LogP contribution in [0.1, 0.15) is 25.3 Å². The first-order valence-electron chi connectivity index (χ1n) is 8.21. The SMILES string of the molecule is CNC1CCN(C(=O)C(C)NS(=O)(=O)c2ccccc2C(F)(F)F)CC1.Cl. The number of carbonyl (C=O) groups is 1. The third kappa shape index (κ3) is 5.81. The summed E-state index contributed by atoms with van der Waals surface area (Å²) >= 11 is 0. The molecule has 1 aromatic rings. The number of hydrogen-bond donors (Lipinski definition) is 2. The van der Waals surface area contributed by atoms with Crippen molar-refractivity contribution >= 4 is 28.3 Å². The van der Waals surface area contributed by atoms with E-state index in [0.717, 1.165) is 25.0 Å². The second-order valence-electron chi connectivity index (χ2n) is 6.23. The predicted octanol–water partition coefficient (Wildman–Crippen LogP) is 2.00. The molecule has 0 bridgehead atoms. The molecule has 2 N–H and O–H groups in total. The quantitative estimate of drug-likeness (QED) is 0.750. The highest BCUT2D eigenvalue weighted by molar-refractivity contribution is 7.89. The molecule has 1 aliphatic rings. The minimum absolute atomic E-state index is 0. The average Bonchev–Trinajstić information content (AvgIpc) is 2.60. The molecule has 1 atom stereocenters. The number of piperidine rings is 1. The van der Waals surface area contributed by atoms with Crippen LogP contribution in [0.2, 0.25) is 0 Å². The van der Waals surface area contributed by atoms with E-state index >= 15 is 0 Å². The van der Waals surface area contributed by atoms with Crippen molar-refractivity contribution in [3.8, 4) is 0 Å². The van der Waals surface area contributed by atoms with Gasteiger partial charge in [0.25, 0.3) is 0 Å². The van der Waals surface area contributed by atoms with Gasteiger partial charge < -0.3 is 10.2 Å². The van der Waals surface area contributed by atoms with E-state index in [1.54, 1.807) is 0 Å². The van der Waals surface area contributed by atoms with Crippen LogP contribution in [0.4, 0.5) is 13.2 Å². The summed E-state index contributed by atoms with van der Waals surface area (Å²) in [5.74, 6) is -0.451. The molecule has 1 aromatic carbocycles. The van der Waals surface area contributed by atoms with E-state index in [1.807, 2.05) is 7.05 Å². The van der Waals surface area contributed by atoms with Crippen LogP contribution < -0.4 is 10.0 Å². The Morgan fingerprint density at radius 3 is 2.30 bits per heavy atom. The number of amides is 1. The highest BCUT2D eigenvalue weighted by Gasteiger charge is 2.38. The van der Waals surface area contributed by atoms with E-state index in [9.17, 15) is 26.4 Å². The summed E-state index contributed by atoms with van der Waals surface area (Å²) in [7, 11) is -2.67. The molecule has 11 heteroatoms. The van der Waals surface area contributed by atoms with Gasteiger partial charge in [-0.25, -0.2) is 8.42 Å². The molecule has 1 heterocycles. The van der Waals surface area contributed by atoms with Crippen LogP contribution >= 0.6 is 12.4 Å². The fourth-order valence-corrected chi connectivity index (χ4v) is 4.37. The second-order valence-corrected chi connectivity index (χ2v) is 7.91. The van der Waals surface area contributed by atoms with Crippen molar-refractivity contribution in [3.63, 3.8) is 0 Å². The number of carbonyl (C=O) groups excluding carboxylic acids is 1. The van der Waals surface area contributed by atoms with E-state index < -0.39 is 38.6 Å². The van der Waals surface area contributed by atoms with Crippen molar-refractivity contribution in [2.24, 2.45) is 0 Å². The van der Waals surface area contributed by atoms with Gasteiger partial charge in [0.1, 0.15) is 0 Å². The molecule has 0 saturated carbocycles. The van der Waals surface area contributed by atoms with Gasteiger partial charge in [0.15, 0.2) is 0 Å². The zero-order chi connectivity index (χ0) is 19.5. The van der Waals surface area contributed by atoms with Crippen molar-refractivity contribution in [2.45, 2.75) is 42.9 Å². The second kappa shape index (κ2) is 9.22. The van der Waals surface area contributed by atoms with E-state index in [4.69, 9.17) is 0 Å². The Hall–Kier alpha value is -1.36. The molecule has 0 aliphatic carbocycles. The van der Waals surface area contributed by atoms with Gasteiger partial charge in [-0.1, -0.05) is 12.1 Å². The maximum absolute atomic E-state index is 13.1. The third-order valence-electron chi connectivity index (χ3n) is 4.40.